The number of carbonyl (C=O) groups excluding carboxylic acids is 1. The molecule has 138 valence electrons. The van der Waals surface area contributed by atoms with Gasteiger partial charge in [-0.05, 0) is 31.1 Å². The van der Waals surface area contributed by atoms with Crippen LogP contribution in [0.3, 0.4) is 0 Å². The third-order valence-corrected chi connectivity index (χ3v) is 4.59. The number of nitrogens with two attached hydrogens (primary N) is 1. The average molecular weight is 370 g/mol. The van der Waals surface area contributed by atoms with Crippen LogP contribution in [0.2, 0.25) is 0 Å². The monoisotopic (exact) mass is 369 g/mol. The molecule has 7 heteroatoms. The van der Waals surface area contributed by atoms with Gasteiger partial charge in [-0.3, -0.25) is 9.69 Å². The van der Waals surface area contributed by atoms with E-state index in [4.69, 9.17) is 10.5 Å². The van der Waals surface area contributed by atoms with Crippen molar-refractivity contribution in [1.29, 1.82) is 0 Å². The van der Waals surface area contributed by atoms with E-state index < -0.39 is 0 Å². The first-order valence-corrected chi connectivity index (χ1v) is 8.40. The maximum atomic E-state index is 12.3. The number of carbonyl (C=O) groups is 1. The van der Waals surface area contributed by atoms with E-state index in [2.05, 4.69) is 18.7 Å². The second kappa shape index (κ2) is 11.5. The van der Waals surface area contributed by atoms with Crippen molar-refractivity contribution in [2.45, 2.75) is 39.2 Å². The predicted molar refractivity (Wildman–Crippen MR) is 98.5 cm³/mol. The van der Waals surface area contributed by atoms with Crippen LogP contribution >= 0.6 is 24.8 Å². The van der Waals surface area contributed by atoms with E-state index in [1.807, 2.05) is 4.90 Å². The molecule has 2 saturated heterocycles. The summed E-state index contributed by atoms with van der Waals surface area (Å²) in [7, 11) is 0. The van der Waals surface area contributed by atoms with Gasteiger partial charge >= 0.3 is 0 Å². The number of halogens is 2. The van der Waals surface area contributed by atoms with Gasteiger partial charge in [0.2, 0.25) is 5.91 Å². The number of piperidine rings is 1. The first-order valence-electron chi connectivity index (χ1n) is 8.40. The minimum Gasteiger partial charge on any atom is -0.379 e. The van der Waals surface area contributed by atoms with Crippen molar-refractivity contribution in [1.82, 2.24) is 9.80 Å². The lowest BCUT2D eigenvalue weighted by atomic mass is 9.95. The van der Waals surface area contributed by atoms with Crippen molar-refractivity contribution in [3.8, 4) is 0 Å². The first kappa shape index (κ1) is 22.9. The van der Waals surface area contributed by atoms with Crippen molar-refractivity contribution in [3.05, 3.63) is 0 Å². The number of hydrogen-bond acceptors (Lipinski definition) is 4. The van der Waals surface area contributed by atoms with Crippen LogP contribution in [-0.2, 0) is 9.53 Å². The molecule has 0 spiro atoms. The number of morpholine rings is 1. The molecule has 0 aromatic carbocycles. The Kier molecular flexibility index (Phi) is 11.4. The molecule has 2 fully saturated rings. The highest BCUT2D eigenvalue weighted by atomic mass is 35.5. The van der Waals surface area contributed by atoms with Crippen molar-refractivity contribution in [2.24, 2.45) is 17.6 Å². The lowest BCUT2D eigenvalue weighted by Crippen LogP contribution is -2.49. The molecule has 1 atom stereocenters. The van der Waals surface area contributed by atoms with E-state index in [1.165, 1.54) is 0 Å². The lowest BCUT2D eigenvalue weighted by Gasteiger charge is -2.37. The standard InChI is InChI=1S/C16H31N3O2.2ClH/c1-13(2)11-15(17)16(20)19-5-3-14(4-6-19)12-18-7-9-21-10-8-18;;/h13-15H,3-12,17H2,1-2H3;2*1H/t15-;;/m0../s1. The molecule has 2 aliphatic rings. The molecule has 2 heterocycles. The zero-order valence-electron chi connectivity index (χ0n) is 14.4. The molecule has 0 aliphatic carbocycles. The van der Waals surface area contributed by atoms with Crippen LogP contribution < -0.4 is 5.73 Å². The van der Waals surface area contributed by atoms with Crippen LogP contribution in [0.25, 0.3) is 0 Å². The Bertz CT molecular complexity index is 331. The van der Waals surface area contributed by atoms with Gasteiger partial charge in [0.05, 0.1) is 19.3 Å². The first-order chi connectivity index (χ1) is 10.1. The molecule has 0 aromatic rings. The molecular formula is C16H33Cl2N3O2. The smallest absolute Gasteiger partial charge is 0.239 e. The molecule has 0 saturated carbocycles. The van der Waals surface area contributed by atoms with Gasteiger partial charge in [-0.2, -0.15) is 0 Å². The summed E-state index contributed by atoms with van der Waals surface area (Å²) in [6.07, 6.45) is 3.00. The highest BCUT2D eigenvalue weighted by molar-refractivity contribution is 5.85. The second-order valence-corrected chi connectivity index (χ2v) is 6.92. The summed E-state index contributed by atoms with van der Waals surface area (Å²) in [4.78, 5) is 16.8. The zero-order valence-corrected chi connectivity index (χ0v) is 16.0. The minimum absolute atomic E-state index is 0. The van der Waals surface area contributed by atoms with E-state index in [9.17, 15) is 4.79 Å². The van der Waals surface area contributed by atoms with E-state index >= 15 is 0 Å². The Morgan fingerprint density at radius 3 is 2.22 bits per heavy atom. The highest BCUT2D eigenvalue weighted by Crippen LogP contribution is 2.20. The van der Waals surface area contributed by atoms with E-state index in [1.54, 1.807) is 0 Å². The Morgan fingerprint density at radius 1 is 1.13 bits per heavy atom. The van der Waals surface area contributed by atoms with E-state index in [0.717, 1.165) is 65.2 Å². The number of likely N-dealkylation sites (tertiary alicyclic amines) is 1. The van der Waals surface area contributed by atoms with Crippen LogP contribution in [0, 0.1) is 11.8 Å². The van der Waals surface area contributed by atoms with Crippen LogP contribution in [0.15, 0.2) is 0 Å². The Morgan fingerprint density at radius 2 is 1.70 bits per heavy atom. The third-order valence-electron chi connectivity index (χ3n) is 4.59. The normalized spacial score (nSPS) is 21.5. The van der Waals surface area contributed by atoms with E-state index in [0.29, 0.717) is 11.8 Å². The van der Waals surface area contributed by atoms with Gasteiger partial charge in [0.15, 0.2) is 0 Å². The summed E-state index contributed by atoms with van der Waals surface area (Å²) in [5, 5.41) is 0. The summed E-state index contributed by atoms with van der Waals surface area (Å²) in [6.45, 7) is 11.0. The van der Waals surface area contributed by atoms with Crippen LogP contribution in [0.4, 0.5) is 0 Å². The number of rotatable bonds is 5. The molecule has 2 N–H and O–H groups in total. The molecular weight excluding hydrogens is 337 g/mol. The lowest BCUT2D eigenvalue weighted by molar-refractivity contribution is -0.134. The fraction of sp³-hybridized carbons (Fsp3) is 0.938. The zero-order chi connectivity index (χ0) is 15.2. The van der Waals surface area contributed by atoms with E-state index in [-0.39, 0.29) is 36.8 Å². The van der Waals surface area contributed by atoms with Crippen LogP contribution in [0.5, 0.6) is 0 Å². The number of nitrogens with zero attached hydrogens (tertiary/aromatic N) is 2. The summed E-state index contributed by atoms with van der Waals surface area (Å²) >= 11 is 0. The highest BCUT2D eigenvalue weighted by Gasteiger charge is 2.27. The van der Waals surface area contributed by atoms with Crippen molar-refractivity contribution in [2.75, 3.05) is 45.9 Å². The predicted octanol–water partition coefficient (Wildman–Crippen LogP) is 1.77. The molecule has 2 rings (SSSR count). The molecule has 2 aliphatic heterocycles. The minimum atomic E-state index is -0.319. The average Bonchev–Trinajstić information content (AvgIpc) is 2.47. The number of hydrogen-bond donors (Lipinski definition) is 1. The molecule has 23 heavy (non-hydrogen) atoms. The van der Waals surface area contributed by atoms with Gasteiger partial charge in [-0.1, -0.05) is 13.8 Å². The summed E-state index contributed by atoms with van der Waals surface area (Å²) in [6, 6.07) is -0.319. The van der Waals surface area contributed by atoms with Crippen molar-refractivity contribution >= 4 is 30.7 Å². The van der Waals surface area contributed by atoms with Crippen molar-refractivity contribution < 1.29 is 9.53 Å². The van der Waals surface area contributed by atoms with Gasteiger partial charge in [0, 0.05) is 32.7 Å². The van der Waals surface area contributed by atoms with Gasteiger partial charge < -0.3 is 15.4 Å². The van der Waals surface area contributed by atoms with Gasteiger partial charge in [0.25, 0.3) is 0 Å². The van der Waals surface area contributed by atoms with Gasteiger partial charge in [-0.25, -0.2) is 0 Å². The molecule has 0 radical (unpaired) electrons. The molecule has 0 unspecified atom stereocenters. The largest absolute Gasteiger partial charge is 0.379 e. The summed E-state index contributed by atoms with van der Waals surface area (Å²) in [5.74, 6) is 1.34. The fourth-order valence-electron chi connectivity index (χ4n) is 3.33. The topological polar surface area (TPSA) is 58.8 Å². The SMILES string of the molecule is CC(C)C[C@H](N)C(=O)N1CCC(CN2CCOCC2)CC1.Cl.Cl. The van der Waals surface area contributed by atoms with Crippen LogP contribution in [-0.4, -0.2) is 67.7 Å². The maximum Gasteiger partial charge on any atom is 0.239 e. The van der Waals surface area contributed by atoms with Gasteiger partial charge in [0.1, 0.15) is 0 Å². The third kappa shape index (κ3) is 7.57. The second-order valence-electron chi connectivity index (χ2n) is 6.92. The Labute approximate surface area is 153 Å². The number of ether oxygens (including phenoxy) is 1. The molecule has 0 aromatic heterocycles. The molecule has 1 amide bonds. The Hall–Kier alpha value is -0.0700. The Balaban J connectivity index is 0.00000242. The van der Waals surface area contributed by atoms with Gasteiger partial charge in [-0.15, -0.1) is 24.8 Å². The quantitative estimate of drug-likeness (QED) is 0.802. The summed E-state index contributed by atoms with van der Waals surface area (Å²) in [5.41, 5.74) is 6.02. The summed E-state index contributed by atoms with van der Waals surface area (Å²) < 4.78 is 5.39. The maximum absolute atomic E-state index is 12.3. The number of amides is 1. The molecule has 5 nitrogen and oxygen atoms in total. The fourth-order valence-corrected chi connectivity index (χ4v) is 3.33. The van der Waals surface area contributed by atoms with Crippen molar-refractivity contribution in [3.63, 3.8) is 0 Å². The van der Waals surface area contributed by atoms with Crippen LogP contribution in [0.1, 0.15) is 33.1 Å². The molecule has 0 bridgehead atoms.